The van der Waals surface area contributed by atoms with Crippen LogP contribution in [0.2, 0.25) is 0 Å². The molecule has 19 heavy (non-hydrogen) atoms. The highest BCUT2D eigenvalue weighted by atomic mass is 16.5. The second-order valence-corrected chi connectivity index (χ2v) is 4.36. The van der Waals surface area contributed by atoms with Gasteiger partial charge in [0.25, 0.3) is 0 Å². The van der Waals surface area contributed by atoms with Crippen LogP contribution in [0.15, 0.2) is 30.6 Å². The molecule has 0 spiro atoms. The van der Waals surface area contributed by atoms with Gasteiger partial charge in [0.1, 0.15) is 0 Å². The molecule has 2 aromatic rings. The van der Waals surface area contributed by atoms with E-state index in [1.165, 1.54) is 5.69 Å². The number of ether oxygens (including phenoxy) is 1. The van der Waals surface area contributed by atoms with Crippen molar-refractivity contribution in [2.24, 2.45) is 0 Å². The van der Waals surface area contributed by atoms with Crippen molar-refractivity contribution in [1.82, 2.24) is 20.1 Å². The first-order valence-corrected chi connectivity index (χ1v) is 6.53. The van der Waals surface area contributed by atoms with Crippen molar-refractivity contribution in [3.63, 3.8) is 0 Å². The molecule has 0 amide bonds. The molecular formula is C14H20N4O. The Balaban J connectivity index is 1.83. The van der Waals surface area contributed by atoms with Crippen LogP contribution in [0.4, 0.5) is 0 Å². The Morgan fingerprint density at radius 3 is 2.84 bits per heavy atom. The number of aryl methyl sites for hydroxylation is 1. The Morgan fingerprint density at radius 2 is 2.16 bits per heavy atom. The number of aromatic nitrogens is 3. The fraction of sp³-hybridized carbons (Fsp3) is 0.429. The molecule has 5 nitrogen and oxygen atoms in total. The van der Waals surface area contributed by atoms with E-state index in [2.05, 4.69) is 28.4 Å². The van der Waals surface area contributed by atoms with E-state index in [0.717, 1.165) is 31.6 Å². The second kappa shape index (κ2) is 6.89. The molecule has 0 aliphatic carbocycles. The predicted octanol–water partition coefficient (Wildman–Crippen LogP) is 1.99. The van der Waals surface area contributed by atoms with Gasteiger partial charge in [0, 0.05) is 38.1 Å². The smallest absolute Gasteiger partial charge is 0.212 e. The molecule has 2 heterocycles. The summed E-state index contributed by atoms with van der Waals surface area (Å²) in [5, 5.41) is 7.70. The summed E-state index contributed by atoms with van der Waals surface area (Å²) in [7, 11) is 1.62. The van der Waals surface area contributed by atoms with E-state index in [1.807, 2.05) is 29.2 Å². The van der Waals surface area contributed by atoms with Gasteiger partial charge in [-0.15, -0.1) is 0 Å². The van der Waals surface area contributed by atoms with E-state index in [4.69, 9.17) is 4.74 Å². The molecule has 0 saturated heterocycles. The van der Waals surface area contributed by atoms with Crippen molar-refractivity contribution in [3.05, 3.63) is 41.9 Å². The monoisotopic (exact) mass is 260 g/mol. The lowest BCUT2D eigenvalue weighted by molar-refractivity contribution is 0.397. The van der Waals surface area contributed by atoms with Crippen LogP contribution in [0.1, 0.15) is 24.6 Å². The van der Waals surface area contributed by atoms with Crippen LogP contribution < -0.4 is 10.1 Å². The maximum absolute atomic E-state index is 5.03. The van der Waals surface area contributed by atoms with Gasteiger partial charge in [0.2, 0.25) is 5.88 Å². The number of hydrogen-bond acceptors (Lipinski definition) is 4. The molecule has 5 heteroatoms. The van der Waals surface area contributed by atoms with Crippen LogP contribution in [0.25, 0.3) is 0 Å². The number of rotatable bonds is 7. The summed E-state index contributed by atoms with van der Waals surface area (Å²) in [5.41, 5.74) is 2.35. The molecule has 0 aromatic carbocycles. The van der Waals surface area contributed by atoms with Crippen LogP contribution in [0.3, 0.4) is 0 Å². The molecule has 2 aromatic heterocycles. The normalized spacial score (nSPS) is 10.6. The van der Waals surface area contributed by atoms with Crippen LogP contribution in [-0.2, 0) is 19.6 Å². The maximum Gasteiger partial charge on any atom is 0.212 e. The number of nitrogens with one attached hydrogen (secondary N) is 1. The standard InChI is InChI=1S/C14H20N4O/c1-3-8-18-13(6-7-17-18)11-15-9-12-4-5-14(19-2)16-10-12/h4-7,10,15H,3,8-9,11H2,1-2H3. The van der Waals surface area contributed by atoms with Crippen molar-refractivity contribution >= 4 is 0 Å². The van der Waals surface area contributed by atoms with Crippen molar-refractivity contribution in [3.8, 4) is 5.88 Å². The predicted molar refractivity (Wildman–Crippen MR) is 73.9 cm³/mol. The molecule has 0 unspecified atom stereocenters. The van der Waals surface area contributed by atoms with Gasteiger partial charge in [0.05, 0.1) is 12.8 Å². The van der Waals surface area contributed by atoms with Gasteiger partial charge in [-0.05, 0) is 18.1 Å². The first-order valence-electron chi connectivity index (χ1n) is 6.53. The Labute approximate surface area is 113 Å². The highest BCUT2D eigenvalue weighted by Gasteiger charge is 2.01. The zero-order chi connectivity index (χ0) is 13.5. The van der Waals surface area contributed by atoms with E-state index >= 15 is 0 Å². The summed E-state index contributed by atoms with van der Waals surface area (Å²) in [6.45, 7) is 4.72. The molecule has 0 saturated carbocycles. The van der Waals surface area contributed by atoms with Gasteiger partial charge in [-0.1, -0.05) is 13.0 Å². The minimum atomic E-state index is 0.643. The molecule has 2 rings (SSSR count). The van der Waals surface area contributed by atoms with Crippen LogP contribution in [0, 0.1) is 0 Å². The van der Waals surface area contributed by atoms with E-state index in [-0.39, 0.29) is 0 Å². The van der Waals surface area contributed by atoms with Crippen molar-refractivity contribution < 1.29 is 4.74 Å². The molecule has 1 N–H and O–H groups in total. The number of methoxy groups -OCH3 is 1. The SMILES string of the molecule is CCCn1nccc1CNCc1ccc(OC)nc1. The summed E-state index contributed by atoms with van der Waals surface area (Å²) in [5.74, 6) is 0.643. The highest BCUT2D eigenvalue weighted by Crippen LogP contribution is 2.07. The summed E-state index contributed by atoms with van der Waals surface area (Å²) in [4.78, 5) is 4.18. The Bertz CT molecular complexity index is 492. The fourth-order valence-electron chi connectivity index (χ4n) is 1.89. The topological polar surface area (TPSA) is 52.0 Å². The number of hydrogen-bond donors (Lipinski definition) is 1. The second-order valence-electron chi connectivity index (χ2n) is 4.36. The van der Waals surface area contributed by atoms with E-state index in [0.29, 0.717) is 5.88 Å². The largest absolute Gasteiger partial charge is 0.481 e. The Kier molecular flexibility index (Phi) is 4.92. The molecule has 0 radical (unpaired) electrons. The lowest BCUT2D eigenvalue weighted by Gasteiger charge is -2.08. The molecule has 0 aliphatic rings. The van der Waals surface area contributed by atoms with Crippen molar-refractivity contribution in [1.29, 1.82) is 0 Å². The summed E-state index contributed by atoms with van der Waals surface area (Å²) < 4.78 is 7.07. The third-order valence-electron chi connectivity index (χ3n) is 2.88. The molecule has 0 aliphatic heterocycles. The van der Waals surface area contributed by atoms with E-state index in [1.54, 1.807) is 7.11 Å². The third-order valence-corrected chi connectivity index (χ3v) is 2.88. The van der Waals surface area contributed by atoms with Gasteiger partial charge >= 0.3 is 0 Å². The minimum Gasteiger partial charge on any atom is -0.481 e. The van der Waals surface area contributed by atoms with E-state index in [9.17, 15) is 0 Å². The average Bonchev–Trinajstić information content (AvgIpc) is 2.88. The quantitative estimate of drug-likeness (QED) is 0.827. The lowest BCUT2D eigenvalue weighted by atomic mass is 10.3. The third kappa shape index (κ3) is 3.79. The summed E-state index contributed by atoms with van der Waals surface area (Å²) in [6.07, 6.45) is 4.77. The summed E-state index contributed by atoms with van der Waals surface area (Å²) >= 11 is 0. The Hall–Kier alpha value is -1.88. The number of pyridine rings is 1. The zero-order valence-electron chi connectivity index (χ0n) is 11.5. The van der Waals surface area contributed by atoms with Crippen molar-refractivity contribution in [2.45, 2.75) is 33.0 Å². The number of nitrogens with zero attached hydrogens (tertiary/aromatic N) is 3. The molecule has 0 atom stereocenters. The minimum absolute atomic E-state index is 0.643. The van der Waals surface area contributed by atoms with E-state index < -0.39 is 0 Å². The lowest BCUT2D eigenvalue weighted by Crippen LogP contribution is -2.16. The molecular weight excluding hydrogens is 240 g/mol. The highest BCUT2D eigenvalue weighted by molar-refractivity contribution is 5.17. The van der Waals surface area contributed by atoms with Gasteiger partial charge < -0.3 is 10.1 Å². The van der Waals surface area contributed by atoms with Gasteiger partial charge in [0.15, 0.2) is 0 Å². The summed E-state index contributed by atoms with van der Waals surface area (Å²) in [6, 6.07) is 5.94. The maximum atomic E-state index is 5.03. The van der Waals surface area contributed by atoms with Gasteiger partial charge in [-0.2, -0.15) is 5.10 Å². The first-order chi connectivity index (χ1) is 9.33. The van der Waals surface area contributed by atoms with Crippen molar-refractivity contribution in [2.75, 3.05) is 7.11 Å². The molecule has 102 valence electrons. The zero-order valence-corrected chi connectivity index (χ0v) is 11.5. The van der Waals surface area contributed by atoms with Crippen LogP contribution >= 0.6 is 0 Å². The van der Waals surface area contributed by atoms with Crippen LogP contribution in [-0.4, -0.2) is 21.9 Å². The van der Waals surface area contributed by atoms with Gasteiger partial charge in [-0.3, -0.25) is 4.68 Å². The Morgan fingerprint density at radius 1 is 1.26 bits per heavy atom. The fourth-order valence-corrected chi connectivity index (χ4v) is 1.89. The molecule has 0 fully saturated rings. The molecule has 0 bridgehead atoms. The van der Waals surface area contributed by atoms with Gasteiger partial charge in [-0.25, -0.2) is 4.98 Å². The average molecular weight is 260 g/mol. The first kappa shape index (κ1) is 13.5. The van der Waals surface area contributed by atoms with Crippen LogP contribution in [0.5, 0.6) is 5.88 Å².